The number of carbonyl (C=O) groups excluding carboxylic acids is 1. The van der Waals surface area contributed by atoms with E-state index < -0.39 is 0 Å². The van der Waals surface area contributed by atoms with Crippen LogP contribution in [0.25, 0.3) is 0 Å². The van der Waals surface area contributed by atoms with Crippen LogP contribution in [0.2, 0.25) is 0 Å². The lowest BCUT2D eigenvalue weighted by Crippen LogP contribution is -1.97. The smallest absolute Gasteiger partial charge is 0.155 e. The van der Waals surface area contributed by atoms with E-state index in [1.807, 2.05) is 0 Å². The van der Waals surface area contributed by atoms with Crippen molar-refractivity contribution in [3.63, 3.8) is 0 Å². The number of unbranched alkanes of at least 4 members (excludes halogenated alkanes) is 3. The Morgan fingerprint density at radius 1 is 1.29 bits per heavy atom. The Morgan fingerprint density at radius 3 is 2.50 bits per heavy atom. The van der Waals surface area contributed by atoms with Crippen LogP contribution < -0.4 is 0 Å². The maximum atomic E-state index is 11.3. The van der Waals surface area contributed by atoms with Gasteiger partial charge in [-0.05, 0) is 44.1 Å². The summed E-state index contributed by atoms with van der Waals surface area (Å²) in [6, 6.07) is 0. The molecule has 80 valence electrons. The summed E-state index contributed by atoms with van der Waals surface area (Å²) in [7, 11) is 0. The molecule has 0 atom stereocenters. The zero-order valence-electron chi connectivity index (χ0n) is 9.51. The van der Waals surface area contributed by atoms with Crippen molar-refractivity contribution >= 4 is 5.78 Å². The molecule has 1 heteroatoms. The molecule has 14 heavy (non-hydrogen) atoms. The van der Waals surface area contributed by atoms with Gasteiger partial charge < -0.3 is 0 Å². The lowest BCUT2D eigenvalue weighted by atomic mass is 10.0. The van der Waals surface area contributed by atoms with Crippen LogP contribution in [0, 0.1) is 5.92 Å². The predicted octanol–water partition coefficient (Wildman–Crippen LogP) is 3.88. The Bertz CT molecular complexity index is 211. The molecule has 0 aromatic rings. The first-order valence-corrected chi connectivity index (χ1v) is 5.95. The first-order chi connectivity index (χ1) is 6.74. The fraction of sp³-hybridized carbons (Fsp3) is 0.769. The highest BCUT2D eigenvalue weighted by molar-refractivity contribution is 5.93. The van der Waals surface area contributed by atoms with Crippen LogP contribution in [-0.4, -0.2) is 5.78 Å². The predicted molar refractivity (Wildman–Crippen MR) is 60.2 cm³/mol. The lowest BCUT2D eigenvalue weighted by molar-refractivity contribution is -0.113. The van der Waals surface area contributed by atoms with E-state index in [0.717, 1.165) is 17.9 Å². The van der Waals surface area contributed by atoms with Crippen molar-refractivity contribution in [2.24, 2.45) is 5.92 Å². The number of carbonyl (C=O) groups is 1. The van der Waals surface area contributed by atoms with Gasteiger partial charge in [-0.2, -0.15) is 0 Å². The fourth-order valence-electron chi connectivity index (χ4n) is 1.67. The quantitative estimate of drug-likeness (QED) is 0.444. The van der Waals surface area contributed by atoms with Crippen LogP contribution in [0.1, 0.15) is 58.8 Å². The minimum absolute atomic E-state index is 0.286. The molecule has 0 aromatic heterocycles. The Balaban J connectivity index is 2.25. The molecular weight excluding hydrogens is 172 g/mol. The monoisotopic (exact) mass is 194 g/mol. The van der Waals surface area contributed by atoms with Gasteiger partial charge in [0.15, 0.2) is 5.78 Å². The Labute approximate surface area is 87.6 Å². The van der Waals surface area contributed by atoms with Gasteiger partial charge in [0, 0.05) is 0 Å². The fourth-order valence-corrected chi connectivity index (χ4v) is 1.67. The highest BCUT2D eigenvalue weighted by Gasteiger charge is 2.20. The molecule has 1 aliphatic carbocycles. The van der Waals surface area contributed by atoms with E-state index in [4.69, 9.17) is 0 Å². The molecule has 0 radical (unpaired) electrons. The standard InChI is InChI=1S/C13H22O/c1-3-4-5-6-7-13(11(2)14)10-12-8-9-12/h10,12H,3-9H2,1-2H3. The average molecular weight is 194 g/mol. The van der Waals surface area contributed by atoms with Crippen LogP contribution in [-0.2, 0) is 4.79 Å². The van der Waals surface area contributed by atoms with Gasteiger partial charge in [-0.15, -0.1) is 0 Å². The molecule has 0 bridgehead atoms. The molecule has 1 fully saturated rings. The molecule has 1 saturated carbocycles. The molecule has 1 aliphatic rings. The second kappa shape index (κ2) is 6.00. The van der Waals surface area contributed by atoms with Crippen molar-refractivity contribution in [3.8, 4) is 0 Å². The third-order valence-corrected chi connectivity index (χ3v) is 2.81. The summed E-state index contributed by atoms with van der Waals surface area (Å²) in [6.07, 6.45) is 10.8. The molecule has 0 saturated heterocycles. The zero-order chi connectivity index (χ0) is 10.4. The van der Waals surface area contributed by atoms with E-state index in [2.05, 4.69) is 13.0 Å². The summed E-state index contributed by atoms with van der Waals surface area (Å²) in [4.78, 5) is 11.3. The summed E-state index contributed by atoms with van der Waals surface area (Å²) in [5, 5.41) is 0. The third kappa shape index (κ3) is 4.59. The van der Waals surface area contributed by atoms with E-state index >= 15 is 0 Å². The highest BCUT2D eigenvalue weighted by atomic mass is 16.1. The summed E-state index contributed by atoms with van der Waals surface area (Å²) in [5.41, 5.74) is 1.09. The van der Waals surface area contributed by atoms with E-state index in [-0.39, 0.29) is 5.78 Å². The number of Topliss-reactive ketones (excluding diaryl/α,β-unsaturated/α-hetero) is 1. The summed E-state index contributed by atoms with van der Waals surface area (Å²) in [5.74, 6) is 1.02. The third-order valence-electron chi connectivity index (χ3n) is 2.81. The Kier molecular flexibility index (Phi) is 4.92. The molecule has 0 heterocycles. The highest BCUT2D eigenvalue weighted by Crippen LogP contribution is 2.32. The lowest BCUT2D eigenvalue weighted by Gasteiger charge is -2.03. The second-order valence-electron chi connectivity index (χ2n) is 4.40. The number of allylic oxidation sites excluding steroid dienone is 2. The average Bonchev–Trinajstić information content (AvgIpc) is 2.93. The van der Waals surface area contributed by atoms with Crippen LogP contribution in [0.4, 0.5) is 0 Å². The second-order valence-corrected chi connectivity index (χ2v) is 4.40. The first-order valence-electron chi connectivity index (χ1n) is 5.95. The molecule has 0 spiro atoms. The van der Waals surface area contributed by atoms with Gasteiger partial charge in [0.25, 0.3) is 0 Å². The zero-order valence-corrected chi connectivity index (χ0v) is 9.51. The SMILES string of the molecule is CCCCCCC(=CC1CC1)C(C)=O. The number of ketones is 1. The molecule has 1 nitrogen and oxygen atoms in total. The summed E-state index contributed by atoms with van der Waals surface area (Å²) < 4.78 is 0. The van der Waals surface area contributed by atoms with Crippen molar-refractivity contribution in [2.45, 2.75) is 58.8 Å². The molecule has 1 rings (SSSR count). The van der Waals surface area contributed by atoms with Crippen LogP contribution in [0.3, 0.4) is 0 Å². The van der Waals surface area contributed by atoms with Crippen molar-refractivity contribution in [1.82, 2.24) is 0 Å². The molecule has 0 amide bonds. The summed E-state index contributed by atoms with van der Waals surface area (Å²) in [6.45, 7) is 3.92. The van der Waals surface area contributed by atoms with E-state index in [0.29, 0.717) is 0 Å². The van der Waals surface area contributed by atoms with Crippen LogP contribution in [0.5, 0.6) is 0 Å². The largest absolute Gasteiger partial charge is 0.295 e. The van der Waals surface area contributed by atoms with Crippen molar-refractivity contribution in [1.29, 1.82) is 0 Å². The normalized spacial score (nSPS) is 17.1. The molecule has 0 N–H and O–H groups in total. The minimum Gasteiger partial charge on any atom is -0.295 e. The Morgan fingerprint density at radius 2 is 2.00 bits per heavy atom. The molecule has 0 aromatic carbocycles. The number of rotatable bonds is 7. The maximum absolute atomic E-state index is 11.3. The maximum Gasteiger partial charge on any atom is 0.155 e. The van der Waals surface area contributed by atoms with Gasteiger partial charge >= 0.3 is 0 Å². The first kappa shape index (κ1) is 11.5. The van der Waals surface area contributed by atoms with E-state index in [1.54, 1.807) is 6.92 Å². The molecule has 0 unspecified atom stereocenters. The minimum atomic E-state index is 0.286. The van der Waals surface area contributed by atoms with Crippen LogP contribution >= 0.6 is 0 Å². The number of hydrogen-bond acceptors (Lipinski definition) is 1. The van der Waals surface area contributed by atoms with Crippen molar-refractivity contribution in [3.05, 3.63) is 11.6 Å². The van der Waals surface area contributed by atoms with Gasteiger partial charge in [0.1, 0.15) is 0 Å². The summed E-state index contributed by atoms with van der Waals surface area (Å²) >= 11 is 0. The van der Waals surface area contributed by atoms with Gasteiger partial charge in [-0.3, -0.25) is 4.79 Å². The Hall–Kier alpha value is -0.590. The van der Waals surface area contributed by atoms with Gasteiger partial charge in [0.05, 0.1) is 0 Å². The van der Waals surface area contributed by atoms with E-state index in [9.17, 15) is 4.79 Å². The topological polar surface area (TPSA) is 17.1 Å². The number of hydrogen-bond donors (Lipinski definition) is 0. The van der Waals surface area contributed by atoms with Gasteiger partial charge in [-0.25, -0.2) is 0 Å². The van der Waals surface area contributed by atoms with Gasteiger partial charge in [0.2, 0.25) is 0 Å². The van der Waals surface area contributed by atoms with Crippen molar-refractivity contribution < 1.29 is 4.79 Å². The van der Waals surface area contributed by atoms with E-state index in [1.165, 1.54) is 38.5 Å². The molecular formula is C13H22O. The van der Waals surface area contributed by atoms with Crippen molar-refractivity contribution in [2.75, 3.05) is 0 Å². The molecule has 0 aliphatic heterocycles. The van der Waals surface area contributed by atoms with Gasteiger partial charge in [-0.1, -0.05) is 32.3 Å². The van der Waals surface area contributed by atoms with Crippen LogP contribution in [0.15, 0.2) is 11.6 Å².